The van der Waals surface area contributed by atoms with Crippen molar-refractivity contribution in [3.63, 3.8) is 0 Å². The van der Waals surface area contributed by atoms with E-state index in [1.54, 1.807) is 13.0 Å². The number of hydrogen-bond acceptors (Lipinski definition) is 2. The Kier molecular flexibility index (Phi) is 5.59. The van der Waals surface area contributed by atoms with E-state index in [2.05, 4.69) is 11.9 Å². The number of benzene rings is 1. The van der Waals surface area contributed by atoms with Crippen LogP contribution in [0.2, 0.25) is 0 Å². The van der Waals surface area contributed by atoms with Crippen molar-refractivity contribution >= 4 is 11.6 Å². The van der Waals surface area contributed by atoms with Crippen molar-refractivity contribution in [2.45, 2.75) is 33.3 Å². The van der Waals surface area contributed by atoms with E-state index in [1.807, 2.05) is 32.0 Å². The third-order valence-electron chi connectivity index (χ3n) is 2.79. The summed E-state index contributed by atoms with van der Waals surface area (Å²) in [7, 11) is 0. The molecule has 1 N–H and O–H groups in total. The molecular weight excluding hydrogens is 226 g/mol. The molecule has 98 valence electrons. The minimum atomic E-state index is -0.455. The van der Waals surface area contributed by atoms with Crippen LogP contribution in [0.5, 0.6) is 0 Å². The first kappa shape index (κ1) is 14.5. The molecule has 0 aliphatic heterocycles. The third kappa shape index (κ3) is 4.00. The van der Waals surface area contributed by atoms with Crippen molar-refractivity contribution in [1.82, 2.24) is 0 Å². The highest BCUT2D eigenvalue weighted by molar-refractivity contribution is 5.95. The van der Waals surface area contributed by atoms with Gasteiger partial charge in [0.15, 0.2) is 0 Å². The molecule has 1 aromatic carbocycles. The van der Waals surface area contributed by atoms with Gasteiger partial charge in [-0.3, -0.25) is 4.79 Å². The number of nitrogens with one attached hydrogen (secondary N) is 1. The van der Waals surface area contributed by atoms with E-state index < -0.39 is 6.10 Å². The molecule has 0 heterocycles. The van der Waals surface area contributed by atoms with E-state index in [1.165, 1.54) is 0 Å². The summed E-state index contributed by atoms with van der Waals surface area (Å²) in [6.45, 7) is 9.84. The molecule has 1 unspecified atom stereocenters. The number of carbonyl (C=O) groups is 1. The Morgan fingerprint density at radius 1 is 1.44 bits per heavy atom. The number of para-hydroxylation sites is 1. The Balaban J connectivity index is 2.61. The van der Waals surface area contributed by atoms with E-state index in [0.29, 0.717) is 6.61 Å². The van der Waals surface area contributed by atoms with Gasteiger partial charge in [0.1, 0.15) is 6.10 Å². The Bertz CT molecular complexity index is 406. The molecule has 0 saturated heterocycles. The van der Waals surface area contributed by atoms with Crippen LogP contribution in [0, 0.1) is 13.8 Å². The lowest BCUT2D eigenvalue weighted by molar-refractivity contribution is -0.126. The standard InChI is InChI=1S/C15H21NO2/c1-5-6-10-18-13(4)15(17)16-14-11(2)8-7-9-12(14)3/h5,7-9,13H,1,6,10H2,2-4H3,(H,16,17). The van der Waals surface area contributed by atoms with Crippen LogP contribution >= 0.6 is 0 Å². The summed E-state index contributed by atoms with van der Waals surface area (Å²) in [5.74, 6) is -0.114. The second-order valence-corrected chi connectivity index (χ2v) is 4.35. The fourth-order valence-corrected chi connectivity index (χ4v) is 1.64. The fourth-order valence-electron chi connectivity index (χ4n) is 1.64. The molecule has 0 aliphatic rings. The van der Waals surface area contributed by atoms with Crippen LogP contribution in [0.25, 0.3) is 0 Å². The van der Waals surface area contributed by atoms with Gasteiger partial charge in [-0.25, -0.2) is 0 Å². The van der Waals surface area contributed by atoms with Gasteiger partial charge in [-0.05, 0) is 38.3 Å². The monoisotopic (exact) mass is 247 g/mol. The molecule has 0 saturated carbocycles. The van der Waals surface area contributed by atoms with Crippen molar-refractivity contribution in [1.29, 1.82) is 0 Å². The number of anilines is 1. The zero-order chi connectivity index (χ0) is 13.5. The Hall–Kier alpha value is -1.61. The van der Waals surface area contributed by atoms with E-state index in [0.717, 1.165) is 23.2 Å². The molecule has 1 rings (SSSR count). The molecule has 0 fully saturated rings. The smallest absolute Gasteiger partial charge is 0.253 e. The van der Waals surface area contributed by atoms with Crippen LogP contribution in [0.1, 0.15) is 24.5 Å². The summed E-state index contributed by atoms with van der Waals surface area (Å²) in [5, 5.41) is 2.92. The van der Waals surface area contributed by atoms with Crippen LogP contribution in [0.15, 0.2) is 30.9 Å². The Morgan fingerprint density at radius 2 is 2.06 bits per heavy atom. The molecular formula is C15H21NO2. The molecule has 0 bridgehead atoms. The van der Waals surface area contributed by atoms with Gasteiger partial charge in [-0.2, -0.15) is 0 Å². The predicted molar refractivity (Wildman–Crippen MR) is 74.8 cm³/mol. The summed E-state index contributed by atoms with van der Waals surface area (Å²) >= 11 is 0. The zero-order valence-corrected chi connectivity index (χ0v) is 11.3. The average molecular weight is 247 g/mol. The Labute approximate surface area is 109 Å². The molecule has 1 aromatic rings. The van der Waals surface area contributed by atoms with Gasteiger partial charge in [-0.15, -0.1) is 6.58 Å². The van der Waals surface area contributed by atoms with Crippen molar-refractivity contribution in [2.24, 2.45) is 0 Å². The number of rotatable bonds is 6. The average Bonchev–Trinajstić information content (AvgIpc) is 2.34. The van der Waals surface area contributed by atoms with Crippen LogP contribution in [-0.2, 0) is 9.53 Å². The number of hydrogen-bond donors (Lipinski definition) is 1. The van der Waals surface area contributed by atoms with E-state index in [4.69, 9.17) is 4.74 Å². The van der Waals surface area contributed by atoms with Gasteiger partial charge in [0, 0.05) is 5.69 Å². The molecule has 3 heteroatoms. The maximum Gasteiger partial charge on any atom is 0.253 e. The van der Waals surface area contributed by atoms with Gasteiger partial charge in [0.2, 0.25) is 0 Å². The summed E-state index contributed by atoms with van der Waals surface area (Å²) < 4.78 is 5.41. The summed E-state index contributed by atoms with van der Waals surface area (Å²) in [6.07, 6.45) is 2.07. The van der Waals surface area contributed by atoms with Gasteiger partial charge >= 0.3 is 0 Å². The first-order chi connectivity index (χ1) is 8.56. The molecule has 18 heavy (non-hydrogen) atoms. The second kappa shape index (κ2) is 6.97. The topological polar surface area (TPSA) is 38.3 Å². The fraction of sp³-hybridized carbons (Fsp3) is 0.400. The lowest BCUT2D eigenvalue weighted by atomic mass is 10.1. The minimum Gasteiger partial charge on any atom is -0.368 e. The molecule has 0 aliphatic carbocycles. The third-order valence-corrected chi connectivity index (χ3v) is 2.79. The van der Waals surface area contributed by atoms with Crippen LogP contribution in [0.3, 0.4) is 0 Å². The van der Waals surface area contributed by atoms with E-state index in [9.17, 15) is 4.79 Å². The normalized spacial score (nSPS) is 11.9. The number of amides is 1. The first-order valence-corrected chi connectivity index (χ1v) is 6.16. The minimum absolute atomic E-state index is 0.114. The molecule has 3 nitrogen and oxygen atoms in total. The summed E-state index contributed by atoms with van der Waals surface area (Å²) in [4.78, 5) is 11.9. The van der Waals surface area contributed by atoms with Gasteiger partial charge < -0.3 is 10.1 Å². The summed E-state index contributed by atoms with van der Waals surface area (Å²) in [5.41, 5.74) is 2.99. The zero-order valence-electron chi connectivity index (χ0n) is 11.3. The number of ether oxygens (including phenoxy) is 1. The van der Waals surface area contributed by atoms with Gasteiger partial charge in [-0.1, -0.05) is 24.3 Å². The van der Waals surface area contributed by atoms with Crippen molar-refractivity contribution in [2.75, 3.05) is 11.9 Å². The molecule has 1 amide bonds. The number of carbonyl (C=O) groups excluding carboxylic acids is 1. The maximum atomic E-state index is 11.9. The van der Waals surface area contributed by atoms with Crippen molar-refractivity contribution < 1.29 is 9.53 Å². The largest absolute Gasteiger partial charge is 0.368 e. The van der Waals surface area contributed by atoms with Crippen LogP contribution < -0.4 is 5.32 Å². The quantitative estimate of drug-likeness (QED) is 0.619. The maximum absolute atomic E-state index is 11.9. The SMILES string of the molecule is C=CCCOC(C)C(=O)Nc1c(C)cccc1C. The first-order valence-electron chi connectivity index (χ1n) is 6.16. The van der Waals surface area contributed by atoms with Crippen molar-refractivity contribution in [3.05, 3.63) is 42.0 Å². The predicted octanol–water partition coefficient (Wildman–Crippen LogP) is 3.22. The highest BCUT2D eigenvalue weighted by atomic mass is 16.5. The lowest BCUT2D eigenvalue weighted by Gasteiger charge is -2.15. The molecule has 0 aromatic heterocycles. The lowest BCUT2D eigenvalue weighted by Crippen LogP contribution is -2.28. The summed E-state index contributed by atoms with van der Waals surface area (Å²) in [6, 6.07) is 5.93. The van der Waals surface area contributed by atoms with E-state index in [-0.39, 0.29) is 5.91 Å². The van der Waals surface area contributed by atoms with Crippen LogP contribution in [0.4, 0.5) is 5.69 Å². The highest BCUT2D eigenvalue weighted by Gasteiger charge is 2.14. The molecule has 0 spiro atoms. The molecule has 0 radical (unpaired) electrons. The molecule has 1 atom stereocenters. The van der Waals surface area contributed by atoms with E-state index >= 15 is 0 Å². The highest BCUT2D eigenvalue weighted by Crippen LogP contribution is 2.19. The van der Waals surface area contributed by atoms with Crippen LogP contribution in [-0.4, -0.2) is 18.6 Å². The Morgan fingerprint density at radius 3 is 2.61 bits per heavy atom. The second-order valence-electron chi connectivity index (χ2n) is 4.35. The van der Waals surface area contributed by atoms with Gasteiger partial charge in [0.25, 0.3) is 5.91 Å². The number of aryl methyl sites for hydroxylation is 2. The van der Waals surface area contributed by atoms with Gasteiger partial charge in [0.05, 0.1) is 6.61 Å². The van der Waals surface area contributed by atoms with Crippen molar-refractivity contribution in [3.8, 4) is 0 Å².